The normalized spacial score (nSPS) is 9.34. The van der Waals surface area contributed by atoms with E-state index in [9.17, 15) is 5.11 Å². The van der Waals surface area contributed by atoms with E-state index < -0.39 is 6.10 Å². The van der Waals surface area contributed by atoms with Crippen LogP contribution in [-0.2, 0) is 41.0 Å². The molecular formula is C30H43O4Ti-. The van der Waals surface area contributed by atoms with Crippen molar-refractivity contribution >= 4 is 0 Å². The molecule has 3 N–H and O–H groups in total. The van der Waals surface area contributed by atoms with E-state index in [2.05, 4.69) is 36.4 Å². The number of aryl methyl sites for hydroxylation is 3. The predicted molar refractivity (Wildman–Crippen MR) is 141 cm³/mol. The molecule has 0 bridgehead atoms. The van der Waals surface area contributed by atoms with Crippen LogP contribution in [0.15, 0.2) is 91.0 Å². The second kappa shape index (κ2) is 26.8. The molecule has 4 nitrogen and oxygen atoms in total. The number of benzene rings is 3. The van der Waals surface area contributed by atoms with Crippen LogP contribution in [0.5, 0.6) is 0 Å². The standard InChI is InChI=1S/3C9H12O.C3H7O.Ti/c3*10-8-4-7-9-5-2-1-3-6-9;1-3(2)4;/h3*1-3,5-6,10H,4,7-8H2;3H,1-2H3;/q;;;-1;. The smallest absolute Gasteiger partial charge is 0.0434 e. The minimum atomic E-state index is -0.417. The van der Waals surface area contributed by atoms with Crippen molar-refractivity contribution in [2.75, 3.05) is 19.8 Å². The third-order valence-corrected chi connectivity index (χ3v) is 4.40. The first-order chi connectivity index (χ1) is 16.5. The van der Waals surface area contributed by atoms with Crippen molar-refractivity contribution in [1.82, 2.24) is 0 Å². The molecule has 0 saturated carbocycles. The topological polar surface area (TPSA) is 83.8 Å². The minimum absolute atomic E-state index is 0. The molecule has 3 aromatic rings. The zero-order chi connectivity index (χ0) is 25.3. The van der Waals surface area contributed by atoms with Crippen LogP contribution < -0.4 is 5.11 Å². The molecule has 3 aromatic carbocycles. The van der Waals surface area contributed by atoms with E-state index in [0.717, 1.165) is 38.5 Å². The van der Waals surface area contributed by atoms with Crippen LogP contribution >= 0.6 is 0 Å². The van der Waals surface area contributed by atoms with E-state index >= 15 is 0 Å². The van der Waals surface area contributed by atoms with Gasteiger partial charge in [0.15, 0.2) is 0 Å². The molecule has 0 unspecified atom stereocenters. The second-order valence-electron chi connectivity index (χ2n) is 7.99. The molecule has 192 valence electrons. The number of rotatable bonds is 9. The van der Waals surface area contributed by atoms with Crippen molar-refractivity contribution in [3.8, 4) is 0 Å². The average molecular weight is 516 g/mol. The van der Waals surface area contributed by atoms with Crippen LogP contribution in [0.2, 0.25) is 0 Å². The van der Waals surface area contributed by atoms with Crippen LogP contribution in [0.1, 0.15) is 49.8 Å². The first-order valence-electron chi connectivity index (χ1n) is 12.1. The van der Waals surface area contributed by atoms with Crippen molar-refractivity contribution in [1.29, 1.82) is 0 Å². The van der Waals surface area contributed by atoms with Gasteiger partial charge < -0.3 is 20.4 Å². The first kappa shape index (κ1) is 35.4. The summed E-state index contributed by atoms with van der Waals surface area (Å²) >= 11 is 0. The summed E-state index contributed by atoms with van der Waals surface area (Å²) in [6.45, 7) is 4.08. The Labute approximate surface area is 227 Å². The summed E-state index contributed by atoms with van der Waals surface area (Å²) in [5.41, 5.74) is 3.91. The Morgan fingerprint density at radius 1 is 0.514 bits per heavy atom. The Morgan fingerprint density at radius 2 is 0.714 bits per heavy atom. The van der Waals surface area contributed by atoms with Crippen molar-refractivity contribution < 1.29 is 42.1 Å². The molecule has 0 radical (unpaired) electrons. The molecule has 0 aromatic heterocycles. The number of aliphatic hydroxyl groups excluding tert-OH is 3. The summed E-state index contributed by atoms with van der Waals surface area (Å²) < 4.78 is 0. The molecule has 35 heavy (non-hydrogen) atoms. The molecule has 3 rings (SSSR count). The van der Waals surface area contributed by atoms with Crippen LogP contribution in [-0.4, -0.2) is 41.2 Å². The maximum atomic E-state index is 9.53. The predicted octanol–water partition coefficient (Wildman–Crippen LogP) is 4.59. The Bertz CT molecular complexity index is 662. The average Bonchev–Trinajstić information content (AvgIpc) is 2.87. The van der Waals surface area contributed by atoms with E-state index in [1.807, 2.05) is 54.6 Å². The molecule has 0 aliphatic carbocycles. The van der Waals surface area contributed by atoms with Crippen molar-refractivity contribution in [2.24, 2.45) is 0 Å². The fraction of sp³-hybridized carbons (Fsp3) is 0.400. The minimum Gasteiger partial charge on any atom is -0.852 e. The molecule has 5 heteroatoms. The fourth-order valence-corrected chi connectivity index (χ4v) is 2.78. The van der Waals surface area contributed by atoms with E-state index in [-0.39, 0.29) is 41.5 Å². The van der Waals surface area contributed by atoms with E-state index in [1.165, 1.54) is 16.7 Å². The molecule has 0 amide bonds. The van der Waals surface area contributed by atoms with Crippen molar-refractivity contribution in [3.05, 3.63) is 108 Å². The first-order valence-corrected chi connectivity index (χ1v) is 12.1. The summed E-state index contributed by atoms with van der Waals surface area (Å²) in [6.07, 6.45) is 5.13. The number of hydrogen-bond acceptors (Lipinski definition) is 4. The molecule has 0 spiro atoms. The van der Waals surface area contributed by atoms with Gasteiger partial charge in [-0.1, -0.05) is 105 Å². The molecule has 0 saturated heterocycles. The molecule has 0 atom stereocenters. The Hall–Kier alpha value is -1.79. The van der Waals surface area contributed by atoms with Crippen LogP contribution in [0.25, 0.3) is 0 Å². The van der Waals surface area contributed by atoms with Gasteiger partial charge in [0.25, 0.3) is 0 Å². The fourth-order valence-electron chi connectivity index (χ4n) is 2.78. The van der Waals surface area contributed by atoms with Gasteiger partial charge in [0, 0.05) is 41.5 Å². The van der Waals surface area contributed by atoms with Gasteiger partial charge >= 0.3 is 0 Å². The summed E-state index contributed by atoms with van der Waals surface area (Å²) in [7, 11) is 0. The summed E-state index contributed by atoms with van der Waals surface area (Å²) in [4.78, 5) is 0. The molecule has 0 fully saturated rings. The number of aliphatic hydroxyl groups is 3. The van der Waals surface area contributed by atoms with Gasteiger partial charge in [-0.05, 0) is 55.2 Å². The van der Waals surface area contributed by atoms with Gasteiger partial charge in [-0.2, -0.15) is 0 Å². The Kier molecular flexibility index (Phi) is 27.1. The summed E-state index contributed by atoms with van der Waals surface area (Å²) in [5, 5.41) is 35.1. The van der Waals surface area contributed by atoms with Crippen molar-refractivity contribution in [2.45, 2.75) is 58.5 Å². The third-order valence-electron chi connectivity index (χ3n) is 4.40. The zero-order valence-electron chi connectivity index (χ0n) is 21.4. The van der Waals surface area contributed by atoms with Gasteiger partial charge in [-0.25, -0.2) is 0 Å². The van der Waals surface area contributed by atoms with Crippen LogP contribution in [0.4, 0.5) is 0 Å². The SMILES string of the molecule is CC(C)[O-].OCCCc1ccccc1.OCCCc1ccccc1.OCCCc1ccccc1.[Ti]. The monoisotopic (exact) mass is 515 g/mol. The summed E-state index contributed by atoms with van der Waals surface area (Å²) in [6, 6.07) is 30.6. The molecule has 0 heterocycles. The van der Waals surface area contributed by atoms with Crippen molar-refractivity contribution in [3.63, 3.8) is 0 Å². The third kappa shape index (κ3) is 25.1. The van der Waals surface area contributed by atoms with Gasteiger partial charge in [-0.3, -0.25) is 0 Å². The van der Waals surface area contributed by atoms with Crippen LogP contribution in [0, 0.1) is 0 Å². The van der Waals surface area contributed by atoms with Gasteiger partial charge in [0.2, 0.25) is 0 Å². The van der Waals surface area contributed by atoms with E-state index in [4.69, 9.17) is 15.3 Å². The summed E-state index contributed by atoms with van der Waals surface area (Å²) in [5.74, 6) is 0. The Balaban J connectivity index is 0. The van der Waals surface area contributed by atoms with Gasteiger partial charge in [0.1, 0.15) is 0 Å². The van der Waals surface area contributed by atoms with E-state index in [1.54, 1.807) is 13.8 Å². The maximum absolute atomic E-state index is 9.53. The largest absolute Gasteiger partial charge is 0.852 e. The molecule has 0 aliphatic heterocycles. The number of hydrogen-bond donors (Lipinski definition) is 3. The van der Waals surface area contributed by atoms with Gasteiger partial charge in [-0.15, -0.1) is 6.10 Å². The maximum Gasteiger partial charge on any atom is 0.0434 e. The zero-order valence-corrected chi connectivity index (χ0v) is 22.9. The Morgan fingerprint density at radius 3 is 0.886 bits per heavy atom. The van der Waals surface area contributed by atoms with E-state index in [0.29, 0.717) is 0 Å². The quantitative estimate of drug-likeness (QED) is 0.364. The molecular weight excluding hydrogens is 472 g/mol. The van der Waals surface area contributed by atoms with Crippen LogP contribution in [0.3, 0.4) is 0 Å². The van der Waals surface area contributed by atoms with Gasteiger partial charge in [0.05, 0.1) is 0 Å². The molecule has 0 aliphatic rings. The second-order valence-corrected chi connectivity index (χ2v) is 7.99.